The van der Waals surface area contributed by atoms with Crippen molar-refractivity contribution >= 4 is 37.6 Å². The fourth-order valence-electron chi connectivity index (χ4n) is 1.17. The van der Waals surface area contributed by atoms with Gasteiger partial charge >= 0.3 is 0 Å². The van der Waals surface area contributed by atoms with Crippen LogP contribution in [0, 0.1) is 0 Å². The van der Waals surface area contributed by atoms with Crippen LogP contribution in [-0.2, 0) is 4.79 Å². The summed E-state index contributed by atoms with van der Waals surface area (Å²) in [5.74, 6) is -0.376. The lowest BCUT2D eigenvalue weighted by atomic mass is 10.0. The third-order valence-corrected chi connectivity index (χ3v) is 2.78. The largest absolute Gasteiger partial charge is 0.389 e. The third-order valence-electron chi connectivity index (χ3n) is 1.87. The fraction of sp³-hybridized carbons (Fsp3) is 0.300. The zero-order valence-electron chi connectivity index (χ0n) is 7.78. The number of ketones is 1. The summed E-state index contributed by atoms with van der Waals surface area (Å²) in [6, 6.07) is 5.31. The Bertz CT molecular complexity index is 345. The number of halogens is 2. The van der Waals surface area contributed by atoms with Gasteiger partial charge in [0.2, 0.25) is 0 Å². The zero-order chi connectivity index (χ0) is 11.4. The Morgan fingerprint density at radius 3 is 2.27 bits per heavy atom. The Morgan fingerprint density at radius 1 is 1.27 bits per heavy atom. The molecule has 5 heteroatoms. The first-order valence-electron chi connectivity index (χ1n) is 4.29. The summed E-state index contributed by atoms with van der Waals surface area (Å²) in [4.78, 5) is 10.9. The van der Waals surface area contributed by atoms with E-state index >= 15 is 0 Å². The number of aliphatic hydroxyl groups is 2. The summed E-state index contributed by atoms with van der Waals surface area (Å²) >= 11 is 6.58. The molecule has 1 atom stereocenters. The van der Waals surface area contributed by atoms with Crippen LogP contribution in [0.4, 0.5) is 0 Å². The molecule has 2 N–H and O–H groups in total. The number of Topliss-reactive ketones (excluding diaryl/α,β-unsaturated/α-hetero) is 1. The number of aliphatic hydroxyl groups excluding tert-OH is 2. The van der Waals surface area contributed by atoms with Crippen LogP contribution in [0.1, 0.15) is 18.1 Å². The number of hydrogen-bond donors (Lipinski definition) is 2. The van der Waals surface area contributed by atoms with Crippen LogP contribution < -0.4 is 0 Å². The molecule has 0 saturated carbocycles. The summed E-state index contributed by atoms with van der Waals surface area (Å²) in [6.07, 6.45) is -0.946. The molecule has 0 saturated heterocycles. The Morgan fingerprint density at radius 2 is 1.80 bits per heavy atom. The van der Waals surface area contributed by atoms with Crippen molar-refractivity contribution in [2.45, 2.75) is 12.5 Å². The second-order valence-corrected chi connectivity index (χ2v) is 4.95. The molecule has 0 aliphatic heterocycles. The first-order chi connectivity index (χ1) is 7.02. The number of carbonyl (C=O) groups excluding carboxylic acids is 1. The van der Waals surface area contributed by atoms with Crippen LogP contribution in [0.5, 0.6) is 0 Å². The van der Waals surface area contributed by atoms with Gasteiger partial charge in [-0.2, -0.15) is 0 Å². The highest BCUT2D eigenvalue weighted by atomic mass is 79.9. The molecule has 0 bridgehead atoms. The predicted octanol–water partition coefficient (Wildman–Crippen LogP) is 2.20. The Labute approximate surface area is 104 Å². The van der Waals surface area contributed by atoms with Crippen molar-refractivity contribution in [3.05, 3.63) is 32.7 Å². The average Bonchev–Trinajstić information content (AvgIpc) is 2.16. The molecule has 1 aromatic rings. The van der Waals surface area contributed by atoms with Crippen LogP contribution in [0.2, 0.25) is 0 Å². The minimum absolute atomic E-state index is 0.0700. The second kappa shape index (κ2) is 5.75. The topological polar surface area (TPSA) is 57.5 Å². The fourth-order valence-corrected chi connectivity index (χ4v) is 2.49. The maximum atomic E-state index is 10.9. The summed E-state index contributed by atoms with van der Waals surface area (Å²) in [6.45, 7) is -0.535. The molecule has 0 aliphatic rings. The SMILES string of the molecule is O=C(CO)CC(O)c1cc(Br)cc(Br)c1. The van der Waals surface area contributed by atoms with E-state index in [0.29, 0.717) is 5.56 Å². The number of benzene rings is 1. The van der Waals surface area contributed by atoms with Gasteiger partial charge in [0.05, 0.1) is 6.10 Å². The second-order valence-electron chi connectivity index (χ2n) is 3.12. The maximum absolute atomic E-state index is 10.9. The lowest BCUT2D eigenvalue weighted by Gasteiger charge is -2.10. The van der Waals surface area contributed by atoms with E-state index in [0.717, 1.165) is 8.95 Å². The molecule has 0 heterocycles. The number of hydrogen-bond acceptors (Lipinski definition) is 3. The van der Waals surface area contributed by atoms with Crippen molar-refractivity contribution in [1.29, 1.82) is 0 Å². The van der Waals surface area contributed by atoms with Crippen LogP contribution in [0.3, 0.4) is 0 Å². The summed E-state index contributed by atoms with van der Waals surface area (Å²) in [7, 11) is 0. The number of rotatable bonds is 4. The van der Waals surface area contributed by atoms with Crippen LogP contribution >= 0.6 is 31.9 Å². The summed E-state index contributed by atoms with van der Waals surface area (Å²) in [5, 5.41) is 18.3. The van der Waals surface area contributed by atoms with Crippen molar-refractivity contribution in [2.24, 2.45) is 0 Å². The van der Waals surface area contributed by atoms with E-state index in [9.17, 15) is 9.90 Å². The molecule has 0 radical (unpaired) electrons. The molecule has 1 rings (SSSR count). The number of carbonyl (C=O) groups is 1. The molecule has 0 spiro atoms. The monoisotopic (exact) mass is 336 g/mol. The first kappa shape index (κ1) is 12.8. The van der Waals surface area contributed by atoms with Crippen molar-refractivity contribution < 1.29 is 15.0 Å². The van der Waals surface area contributed by atoms with Gasteiger partial charge in [0.15, 0.2) is 5.78 Å². The lowest BCUT2D eigenvalue weighted by molar-refractivity contribution is -0.123. The molecule has 3 nitrogen and oxygen atoms in total. The minimum atomic E-state index is -0.876. The van der Waals surface area contributed by atoms with E-state index in [1.165, 1.54) is 0 Å². The van der Waals surface area contributed by atoms with Crippen LogP contribution in [-0.4, -0.2) is 22.6 Å². The Hall–Kier alpha value is -0.230. The van der Waals surface area contributed by atoms with E-state index < -0.39 is 12.7 Å². The summed E-state index contributed by atoms with van der Waals surface area (Å²) < 4.78 is 1.64. The zero-order valence-corrected chi connectivity index (χ0v) is 11.0. The molecule has 0 amide bonds. The van der Waals surface area contributed by atoms with E-state index in [4.69, 9.17) is 5.11 Å². The van der Waals surface area contributed by atoms with E-state index in [2.05, 4.69) is 31.9 Å². The minimum Gasteiger partial charge on any atom is -0.389 e. The maximum Gasteiger partial charge on any atom is 0.161 e. The van der Waals surface area contributed by atoms with Gasteiger partial charge in [-0.25, -0.2) is 0 Å². The van der Waals surface area contributed by atoms with Crippen molar-refractivity contribution in [2.75, 3.05) is 6.61 Å². The third kappa shape index (κ3) is 4.03. The van der Waals surface area contributed by atoms with Crippen molar-refractivity contribution in [3.63, 3.8) is 0 Å². The standard InChI is InChI=1S/C10H10Br2O3/c11-7-1-6(2-8(12)3-7)10(15)4-9(14)5-13/h1-3,10,13,15H,4-5H2. The molecule has 0 aromatic heterocycles. The Balaban J connectivity index is 2.81. The quantitative estimate of drug-likeness (QED) is 0.885. The molecule has 1 unspecified atom stereocenters. The molecule has 1 aromatic carbocycles. The van der Waals surface area contributed by atoms with E-state index in [1.807, 2.05) is 6.07 Å². The molecular formula is C10H10Br2O3. The van der Waals surface area contributed by atoms with Crippen LogP contribution in [0.15, 0.2) is 27.1 Å². The van der Waals surface area contributed by atoms with E-state index in [1.54, 1.807) is 12.1 Å². The van der Waals surface area contributed by atoms with Crippen LogP contribution in [0.25, 0.3) is 0 Å². The summed E-state index contributed by atoms with van der Waals surface area (Å²) in [5.41, 5.74) is 0.637. The van der Waals surface area contributed by atoms with Gasteiger partial charge in [-0.15, -0.1) is 0 Å². The van der Waals surface area contributed by atoms with Gasteiger partial charge in [0.1, 0.15) is 6.61 Å². The van der Waals surface area contributed by atoms with Gasteiger partial charge in [0, 0.05) is 15.4 Å². The average molecular weight is 338 g/mol. The van der Waals surface area contributed by atoms with Gasteiger partial charge < -0.3 is 10.2 Å². The normalized spacial score (nSPS) is 12.5. The molecule has 82 valence electrons. The van der Waals surface area contributed by atoms with Gasteiger partial charge in [-0.3, -0.25) is 4.79 Å². The lowest BCUT2D eigenvalue weighted by Crippen LogP contribution is -2.10. The van der Waals surface area contributed by atoms with Gasteiger partial charge in [0.25, 0.3) is 0 Å². The molecule has 15 heavy (non-hydrogen) atoms. The molecule has 0 aliphatic carbocycles. The predicted molar refractivity (Wildman–Crippen MR) is 63.5 cm³/mol. The highest BCUT2D eigenvalue weighted by molar-refractivity contribution is 9.11. The van der Waals surface area contributed by atoms with Gasteiger partial charge in [-0.1, -0.05) is 31.9 Å². The molecular weight excluding hydrogens is 328 g/mol. The Kier molecular flexibility index (Phi) is 4.92. The highest BCUT2D eigenvalue weighted by Crippen LogP contribution is 2.25. The smallest absolute Gasteiger partial charge is 0.161 e. The highest BCUT2D eigenvalue weighted by Gasteiger charge is 2.13. The first-order valence-corrected chi connectivity index (χ1v) is 5.88. The molecule has 0 fully saturated rings. The van der Waals surface area contributed by atoms with Gasteiger partial charge in [-0.05, 0) is 23.8 Å². The van der Waals surface area contributed by atoms with Crippen molar-refractivity contribution in [3.8, 4) is 0 Å². The van der Waals surface area contributed by atoms with E-state index in [-0.39, 0.29) is 12.2 Å². The van der Waals surface area contributed by atoms with Crippen molar-refractivity contribution in [1.82, 2.24) is 0 Å².